The molecule has 0 saturated carbocycles. The van der Waals surface area contributed by atoms with Gasteiger partial charge in [0, 0.05) is 12.8 Å². The summed E-state index contributed by atoms with van der Waals surface area (Å²) in [6.07, 6.45) is 0.0119. The first-order valence-electron chi connectivity index (χ1n) is 10.9. The molecule has 4 unspecified atom stereocenters. The van der Waals surface area contributed by atoms with E-state index in [2.05, 4.69) is 16.0 Å². The lowest BCUT2D eigenvalue weighted by Crippen LogP contribution is -2.58. The molecule has 2 aromatic rings. The van der Waals surface area contributed by atoms with E-state index < -0.39 is 54.5 Å². The third kappa shape index (κ3) is 8.72. The van der Waals surface area contributed by atoms with Crippen LogP contribution in [0.25, 0.3) is 0 Å². The van der Waals surface area contributed by atoms with Crippen molar-refractivity contribution in [3.8, 4) is 5.75 Å². The van der Waals surface area contributed by atoms with Crippen molar-refractivity contribution in [2.45, 2.75) is 43.9 Å². The van der Waals surface area contributed by atoms with Crippen molar-refractivity contribution >= 4 is 23.7 Å². The molecule has 0 aromatic heterocycles. The molecule has 0 fully saturated rings. The van der Waals surface area contributed by atoms with E-state index in [0.717, 1.165) is 5.56 Å². The molecule has 8 N–H and O–H groups in total. The lowest BCUT2D eigenvalue weighted by atomic mass is 10.0. The Hall–Kier alpha value is -3.96. The summed E-state index contributed by atoms with van der Waals surface area (Å²) in [5, 5.41) is 35.8. The average Bonchev–Trinajstić information content (AvgIpc) is 2.83. The van der Waals surface area contributed by atoms with Gasteiger partial charge < -0.3 is 37.0 Å². The zero-order valence-electron chi connectivity index (χ0n) is 19.2. The maximum atomic E-state index is 12.9. The van der Waals surface area contributed by atoms with Crippen LogP contribution in [0.3, 0.4) is 0 Å². The fourth-order valence-electron chi connectivity index (χ4n) is 3.17. The number of phenolic OH excluding ortho intramolecular Hbond substituents is 1. The normalized spacial score (nSPS) is 14.1. The van der Waals surface area contributed by atoms with Gasteiger partial charge in [-0.2, -0.15) is 0 Å². The third-order valence-corrected chi connectivity index (χ3v) is 5.14. The average molecular weight is 487 g/mol. The highest BCUT2D eigenvalue weighted by Crippen LogP contribution is 2.12. The van der Waals surface area contributed by atoms with Crippen molar-refractivity contribution in [3.63, 3.8) is 0 Å². The van der Waals surface area contributed by atoms with E-state index in [-0.39, 0.29) is 18.6 Å². The minimum absolute atomic E-state index is 0.00824. The second-order valence-electron chi connectivity index (χ2n) is 8.05. The number of nitrogens with one attached hydrogen (secondary N) is 3. The molecule has 11 heteroatoms. The predicted molar refractivity (Wildman–Crippen MR) is 126 cm³/mol. The molecule has 3 amide bonds. The second-order valence-corrected chi connectivity index (χ2v) is 8.05. The number of carboxylic acids is 1. The van der Waals surface area contributed by atoms with Gasteiger partial charge in [-0.1, -0.05) is 42.5 Å². The molecule has 0 heterocycles. The first-order chi connectivity index (χ1) is 16.6. The second kappa shape index (κ2) is 13.1. The van der Waals surface area contributed by atoms with Gasteiger partial charge in [-0.15, -0.1) is 0 Å². The number of aliphatic hydroxyl groups is 1. The first-order valence-corrected chi connectivity index (χ1v) is 10.9. The molecule has 0 aliphatic heterocycles. The number of hydrogen-bond acceptors (Lipinski definition) is 7. The largest absolute Gasteiger partial charge is 0.508 e. The summed E-state index contributed by atoms with van der Waals surface area (Å²) in [4.78, 5) is 49.4. The molecule has 4 atom stereocenters. The predicted octanol–water partition coefficient (Wildman–Crippen LogP) is -0.944. The van der Waals surface area contributed by atoms with Gasteiger partial charge in [-0.05, 0) is 30.2 Å². The summed E-state index contributed by atoms with van der Waals surface area (Å²) in [5.74, 6) is -3.55. The molecule has 35 heavy (non-hydrogen) atoms. The Labute approximate surface area is 202 Å². The number of benzene rings is 2. The van der Waals surface area contributed by atoms with Crippen molar-refractivity contribution in [1.29, 1.82) is 0 Å². The molecule has 2 aromatic carbocycles. The number of carbonyl (C=O) groups is 4. The molecule has 0 aliphatic rings. The molecule has 0 bridgehead atoms. The number of aromatic hydroxyl groups is 1. The number of amides is 3. The quantitative estimate of drug-likeness (QED) is 0.200. The summed E-state index contributed by atoms with van der Waals surface area (Å²) in [6, 6.07) is 9.85. The Morgan fingerprint density at radius 2 is 1.26 bits per heavy atom. The van der Waals surface area contributed by atoms with Crippen LogP contribution in [0.1, 0.15) is 18.1 Å². The van der Waals surface area contributed by atoms with Crippen LogP contribution in [0.5, 0.6) is 5.75 Å². The van der Waals surface area contributed by atoms with Crippen molar-refractivity contribution in [3.05, 3.63) is 65.7 Å². The van der Waals surface area contributed by atoms with Crippen LogP contribution < -0.4 is 21.7 Å². The molecule has 188 valence electrons. The fourth-order valence-corrected chi connectivity index (χ4v) is 3.17. The molecule has 2 rings (SSSR count). The van der Waals surface area contributed by atoms with E-state index in [1.165, 1.54) is 31.2 Å². The van der Waals surface area contributed by atoms with E-state index in [9.17, 15) is 34.5 Å². The van der Waals surface area contributed by atoms with E-state index >= 15 is 0 Å². The van der Waals surface area contributed by atoms with E-state index in [0.29, 0.717) is 5.56 Å². The lowest BCUT2D eigenvalue weighted by Gasteiger charge is -2.24. The summed E-state index contributed by atoms with van der Waals surface area (Å²) < 4.78 is 0. The van der Waals surface area contributed by atoms with Gasteiger partial charge in [-0.25, -0.2) is 4.79 Å². The fraction of sp³-hybridized carbons (Fsp3) is 0.333. The summed E-state index contributed by atoms with van der Waals surface area (Å²) >= 11 is 0. The van der Waals surface area contributed by atoms with Gasteiger partial charge >= 0.3 is 5.97 Å². The number of rotatable bonds is 12. The molecule has 11 nitrogen and oxygen atoms in total. The lowest BCUT2D eigenvalue weighted by molar-refractivity contribution is -0.142. The molecule has 0 aliphatic carbocycles. The number of aliphatic hydroxyl groups excluding tert-OH is 1. The minimum atomic E-state index is -1.46. The highest BCUT2D eigenvalue weighted by Gasteiger charge is 2.30. The monoisotopic (exact) mass is 486 g/mol. The van der Waals surface area contributed by atoms with Crippen molar-refractivity contribution < 1.29 is 34.5 Å². The molecule has 0 radical (unpaired) electrons. The Morgan fingerprint density at radius 1 is 0.771 bits per heavy atom. The number of phenols is 1. The number of hydrogen-bond donors (Lipinski definition) is 7. The Morgan fingerprint density at radius 3 is 1.80 bits per heavy atom. The summed E-state index contributed by atoms with van der Waals surface area (Å²) in [7, 11) is 0. The zero-order valence-corrected chi connectivity index (χ0v) is 19.2. The molecule has 0 spiro atoms. The third-order valence-electron chi connectivity index (χ3n) is 5.14. The van der Waals surface area contributed by atoms with Crippen LogP contribution in [-0.4, -0.2) is 69.8 Å². The molecular weight excluding hydrogens is 456 g/mol. The number of carbonyl (C=O) groups excluding carboxylic acids is 3. The Kier molecular flexibility index (Phi) is 10.2. The highest BCUT2D eigenvalue weighted by molar-refractivity contribution is 5.94. The van der Waals surface area contributed by atoms with Crippen LogP contribution >= 0.6 is 0 Å². The van der Waals surface area contributed by atoms with Crippen LogP contribution in [0.4, 0.5) is 0 Å². The summed E-state index contributed by atoms with van der Waals surface area (Å²) in [5.41, 5.74) is 6.87. The van der Waals surface area contributed by atoms with Gasteiger partial charge in [-0.3, -0.25) is 14.4 Å². The number of nitrogens with two attached hydrogens (primary N) is 1. The Bertz CT molecular complexity index is 1010. The topological polar surface area (TPSA) is 191 Å². The first kappa shape index (κ1) is 27.3. The maximum Gasteiger partial charge on any atom is 0.326 e. The Balaban J connectivity index is 2.10. The summed E-state index contributed by atoms with van der Waals surface area (Å²) in [6.45, 7) is 0.652. The van der Waals surface area contributed by atoms with E-state index in [1.807, 2.05) is 0 Å². The molecule has 0 saturated heterocycles. The molecular formula is C24H30N4O7. The number of aliphatic carboxylic acids is 1. The van der Waals surface area contributed by atoms with Gasteiger partial charge in [0.1, 0.15) is 23.9 Å². The SMILES string of the molecule is CC(N)C(=O)NC(Cc1ccccc1)C(=O)NC(CO)C(=O)NC(Cc1ccc(O)cc1)C(=O)O. The standard InChI is InChI=1S/C24H30N4O7/c1-14(25)21(31)26-18(11-15-5-3-2-4-6-15)22(32)28-20(13-29)23(33)27-19(24(34)35)12-16-7-9-17(30)10-8-16/h2-10,14,18-20,29-30H,11-13,25H2,1H3,(H,26,31)(H,27,33)(H,28,32)(H,34,35). The smallest absolute Gasteiger partial charge is 0.326 e. The highest BCUT2D eigenvalue weighted by atomic mass is 16.4. The van der Waals surface area contributed by atoms with Crippen LogP contribution in [-0.2, 0) is 32.0 Å². The van der Waals surface area contributed by atoms with Crippen molar-refractivity contribution in [2.75, 3.05) is 6.61 Å². The van der Waals surface area contributed by atoms with E-state index in [4.69, 9.17) is 5.73 Å². The number of carboxylic acid groups (broad SMARTS) is 1. The van der Waals surface area contributed by atoms with Crippen molar-refractivity contribution in [1.82, 2.24) is 16.0 Å². The maximum absolute atomic E-state index is 12.9. The van der Waals surface area contributed by atoms with Gasteiger partial charge in [0.2, 0.25) is 17.7 Å². The van der Waals surface area contributed by atoms with Gasteiger partial charge in [0.25, 0.3) is 0 Å². The van der Waals surface area contributed by atoms with Crippen LogP contribution in [0.2, 0.25) is 0 Å². The van der Waals surface area contributed by atoms with Crippen molar-refractivity contribution in [2.24, 2.45) is 5.73 Å². The van der Waals surface area contributed by atoms with Crippen LogP contribution in [0, 0.1) is 0 Å². The zero-order chi connectivity index (χ0) is 26.0. The van der Waals surface area contributed by atoms with Crippen LogP contribution in [0.15, 0.2) is 54.6 Å². The van der Waals surface area contributed by atoms with E-state index in [1.54, 1.807) is 30.3 Å². The minimum Gasteiger partial charge on any atom is -0.508 e. The van der Waals surface area contributed by atoms with Gasteiger partial charge in [0.15, 0.2) is 0 Å². The van der Waals surface area contributed by atoms with Gasteiger partial charge in [0.05, 0.1) is 12.6 Å².